The third-order valence-electron chi connectivity index (χ3n) is 2.97. The lowest BCUT2D eigenvalue weighted by molar-refractivity contribution is 0.0101. The van der Waals surface area contributed by atoms with Gasteiger partial charge in [-0.3, -0.25) is 4.68 Å². The van der Waals surface area contributed by atoms with Crippen molar-refractivity contribution in [2.45, 2.75) is 58.2 Å². The van der Waals surface area contributed by atoms with Crippen molar-refractivity contribution in [2.24, 2.45) is 5.73 Å². The summed E-state index contributed by atoms with van der Waals surface area (Å²) in [4.78, 5) is 0. The zero-order chi connectivity index (χ0) is 13.1. The van der Waals surface area contributed by atoms with Crippen molar-refractivity contribution >= 4 is 0 Å². The Morgan fingerprint density at radius 1 is 1.47 bits per heavy atom. The number of hydrogen-bond donors (Lipinski definition) is 1. The van der Waals surface area contributed by atoms with Gasteiger partial charge in [0.1, 0.15) is 0 Å². The van der Waals surface area contributed by atoms with Crippen LogP contribution in [0.2, 0.25) is 0 Å². The normalized spacial score (nSPS) is 14.3. The first-order valence-corrected chi connectivity index (χ1v) is 6.19. The number of nitrogens with zero attached hydrogens (tertiary/aromatic N) is 2. The second-order valence-electron chi connectivity index (χ2n) is 5.51. The fourth-order valence-corrected chi connectivity index (χ4v) is 1.83. The van der Waals surface area contributed by atoms with Crippen LogP contribution in [0.1, 0.15) is 45.9 Å². The van der Waals surface area contributed by atoms with Gasteiger partial charge in [0, 0.05) is 31.8 Å². The first-order chi connectivity index (χ1) is 7.84. The number of aromatic nitrogens is 2. The van der Waals surface area contributed by atoms with Gasteiger partial charge in [0.2, 0.25) is 0 Å². The molecule has 0 aliphatic rings. The van der Waals surface area contributed by atoms with Gasteiger partial charge in [0.05, 0.1) is 11.3 Å². The molecule has 0 aromatic carbocycles. The molecule has 4 heteroatoms. The zero-order valence-electron chi connectivity index (χ0n) is 11.6. The van der Waals surface area contributed by atoms with Gasteiger partial charge in [0.25, 0.3) is 0 Å². The van der Waals surface area contributed by atoms with Crippen LogP contribution >= 0.6 is 0 Å². The molecule has 1 aromatic rings. The van der Waals surface area contributed by atoms with Crippen LogP contribution in [0.5, 0.6) is 0 Å². The second-order valence-corrected chi connectivity index (χ2v) is 5.51. The lowest BCUT2D eigenvalue weighted by Crippen LogP contribution is -2.35. The molecule has 0 saturated carbocycles. The van der Waals surface area contributed by atoms with Crippen LogP contribution in [0, 0.1) is 0 Å². The van der Waals surface area contributed by atoms with Gasteiger partial charge in [-0.2, -0.15) is 5.10 Å². The zero-order valence-corrected chi connectivity index (χ0v) is 11.6. The molecule has 2 N–H and O–H groups in total. The van der Waals surface area contributed by atoms with Crippen LogP contribution in [0.3, 0.4) is 0 Å². The van der Waals surface area contributed by atoms with E-state index < -0.39 is 0 Å². The molecule has 1 unspecified atom stereocenters. The highest BCUT2D eigenvalue weighted by molar-refractivity contribution is 5.02. The molecule has 0 aliphatic carbocycles. The number of ether oxygens (including phenoxy) is 1. The molecule has 98 valence electrons. The molecule has 0 aliphatic heterocycles. The second kappa shape index (κ2) is 5.65. The van der Waals surface area contributed by atoms with Crippen LogP contribution < -0.4 is 5.73 Å². The molecule has 1 rings (SSSR count). The standard InChI is InChI=1S/C13H25N3O/c1-10(2)16-7-6-12(15-16)8-11(14)9-13(3,4)17-5/h6-7,10-11H,8-9,14H2,1-5H3. The van der Waals surface area contributed by atoms with E-state index in [0.717, 1.165) is 18.5 Å². The summed E-state index contributed by atoms with van der Waals surface area (Å²) in [5.41, 5.74) is 7.01. The number of methoxy groups -OCH3 is 1. The minimum absolute atomic E-state index is 0.0838. The highest BCUT2D eigenvalue weighted by Crippen LogP contribution is 2.16. The molecule has 1 aromatic heterocycles. The summed E-state index contributed by atoms with van der Waals surface area (Å²) < 4.78 is 7.35. The lowest BCUT2D eigenvalue weighted by Gasteiger charge is -2.26. The van der Waals surface area contributed by atoms with Crippen molar-refractivity contribution in [3.8, 4) is 0 Å². The Morgan fingerprint density at radius 2 is 2.12 bits per heavy atom. The Labute approximate surface area is 104 Å². The summed E-state index contributed by atoms with van der Waals surface area (Å²) in [6.07, 6.45) is 3.64. The third-order valence-corrected chi connectivity index (χ3v) is 2.97. The quantitative estimate of drug-likeness (QED) is 0.827. The van der Waals surface area contributed by atoms with E-state index in [9.17, 15) is 0 Å². The molecule has 0 saturated heterocycles. The Morgan fingerprint density at radius 3 is 2.59 bits per heavy atom. The highest BCUT2D eigenvalue weighted by atomic mass is 16.5. The molecule has 4 nitrogen and oxygen atoms in total. The number of rotatable bonds is 6. The van der Waals surface area contributed by atoms with Crippen LogP contribution in [0.15, 0.2) is 12.3 Å². The van der Waals surface area contributed by atoms with Gasteiger partial charge in [-0.05, 0) is 40.2 Å². The molecular formula is C13H25N3O. The molecular weight excluding hydrogens is 214 g/mol. The van der Waals surface area contributed by atoms with Gasteiger partial charge < -0.3 is 10.5 Å². The molecule has 0 fully saturated rings. The van der Waals surface area contributed by atoms with Crippen molar-refractivity contribution in [1.29, 1.82) is 0 Å². The van der Waals surface area contributed by atoms with Crippen LogP contribution in [-0.2, 0) is 11.2 Å². The largest absolute Gasteiger partial charge is 0.379 e. The van der Waals surface area contributed by atoms with Crippen molar-refractivity contribution in [2.75, 3.05) is 7.11 Å². The van der Waals surface area contributed by atoms with Crippen molar-refractivity contribution in [3.05, 3.63) is 18.0 Å². The first-order valence-electron chi connectivity index (χ1n) is 6.19. The van der Waals surface area contributed by atoms with Gasteiger partial charge in [-0.1, -0.05) is 0 Å². The number of hydrogen-bond acceptors (Lipinski definition) is 3. The van der Waals surface area contributed by atoms with E-state index in [4.69, 9.17) is 10.5 Å². The van der Waals surface area contributed by atoms with Crippen LogP contribution in [-0.4, -0.2) is 28.5 Å². The van der Waals surface area contributed by atoms with Crippen molar-refractivity contribution < 1.29 is 4.74 Å². The fraction of sp³-hybridized carbons (Fsp3) is 0.769. The Balaban J connectivity index is 2.53. The highest BCUT2D eigenvalue weighted by Gasteiger charge is 2.21. The first kappa shape index (κ1) is 14.2. The van der Waals surface area contributed by atoms with Gasteiger partial charge >= 0.3 is 0 Å². The summed E-state index contributed by atoms with van der Waals surface area (Å²) in [5, 5.41) is 4.50. The van der Waals surface area contributed by atoms with Crippen molar-refractivity contribution in [3.63, 3.8) is 0 Å². The molecule has 1 heterocycles. The summed E-state index contributed by atoms with van der Waals surface area (Å²) in [7, 11) is 1.72. The van der Waals surface area contributed by atoms with E-state index in [1.807, 2.05) is 16.9 Å². The topological polar surface area (TPSA) is 53.1 Å². The van der Waals surface area contributed by atoms with E-state index in [1.165, 1.54) is 0 Å². The predicted molar refractivity (Wildman–Crippen MR) is 70.0 cm³/mol. The maximum atomic E-state index is 6.12. The Bertz CT molecular complexity index is 344. The monoisotopic (exact) mass is 239 g/mol. The van der Waals surface area contributed by atoms with E-state index in [2.05, 4.69) is 32.8 Å². The average molecular weight is 239 g/mol. The van der Waals surface area contributed by atoms with Crippen molar-refractivity contribution in [1.82, 2.24) is 9.78 Å². The lowest BCUT2D eigenvalue weighted by atomic mass is 9.96. The van der Waals surface area contributed by atoms with Crippen LogP contribution in [0.25, 0.3) is 0 Å². The molecule has 0 amide bonds. The van der Waals surface area contributed by atoms with E-state index in [1.54, 1.807) is 7.11 Å². The smallest absolute Gasteiger partial charge is 0.0640 e. The SMILES string of the molecule is COC(C)(C)CC(N)Cc1ccn(C(C)C)n1. The van der Waals surface area contributed by atoms with E-state index in [-0.39, 0.29) is 11.6 Å². The maximum Gasteiger partial charge on any atom is 0.0640 e. The van der Waals surface area contributed by atoms with Gasteiger partial charge in [-0.15, -0.1) is 0 Å². The van der Waals surface area contributed by atoms with E-state index >= 15 is 0 Å². The minimum Gasteiger partial charge on any atom is -0.379 e. The molecule has 0 bridgehead atoms. The van der Waals surface area contributed by atoms with Gasteiger partial charge in [0.15, 0.2) is 0 Å². The maximum absolute atomic E-state index is 6.12. The van der Waals surface area contributed by atoms with Crippen LogP contribution in [0.4, 0.5) is 0 Å². The predicted octanol–water partition coefficient (Wildman–Crippen LogP) is 2.15. The Kier molecular flexibility index (Phi) is 4.71. The van der Waals surface area contributed by atoms with E-state index in [0.29, 0.717) is 6.04 Å². The summed E-state index contributed by atoms with van der Waals surface area (Å²) in [6, 6.07) is 2.52. The molecule has 17 heavy (non-hydrogen) atoms. The van der Waals surface area contributed by atoms with Gasteiger partial charge in [-0.25, -0.2) is 0 Å². The average Bonchev–Trinajstić information content (AvgIpc) is 2.65. The summed E-state index contributed by atoms with van der Waals surface area (Å²) >= 11 is 0. The molecule has 1 atom stereocenters. The summed E-state index contributed by atoms with van der Waals surface area (Å²) in [5.74, 6) is 0. The Hall–Kier alpha value is -0.870. The third kappa shape index (κ3) is 4.48. The summed E-state index contributed by atoms with van der Waals surface area (Å²) in [6.45, 7) is 8.34. The molecule has 0 spiro atoms. The fourth-order valence-electron chi connectivity index (χ4n) is 1.83. The number of nitrogens with two attached hydrogens (primary N) is 1. The minimum atomic E-state index is -0.167. The molecule has 0 radical (unpaired) electrons.